The van der Waals surface area contributed by atoms with Crippen LogP contribution in [-0.4, -0.2) is 11.7 Å². The van der Waals surface area contributed by atoms with E-state index in [9.17, 15) is 9.50 Å². The highest BCUT2D eigenvalue weighted by Crippen LogP contribution is 2.31. The van der Waals surface area contributed by atoms with Crippen LogP contribution in [0.3, 0.4) is 0 Å². The van der Waals surface area contributed by atoms with E-state index in [1.54, 1.807) is 18.2 Å². The molecule has 0 amide bonds. The Labute approximate surface area is 112 Å². The van der Waals surface area contributed by atoms with E-state index in [0.29, 0.717) is 23.5 Å². The second-order valence-corrected chi connectivity index (χ2v) is 4.37. The van der Waals surface area contributed by atoms with Gasteiger partial charge in [-0.25, -0.2) is 4.39 Å². The van der Waals surface area contributed by atoms with E-state index in [4.69, 9.17) is 4.74 Å². The Morgan fingerprint density at radius 1 is 1.16 bits per heavy atom. The van der Waals surface area contributed by atoms with Gasteiger partial charge in [-0.2, -0.15) is 0 Å². The van der Waals surface area contributed by atoms with Crippen molar-refractivity contribution in [1.82, 2.24) is 0 Å². The SMILES string of the molecule is CCOc1ccccc1C(O)c1cc(F)ccc1C. The number of benzene rings is 2. The number of ether oxygens (including phenoxy) is 1. The van der Waals surface area contributed by atoms with Gasteiger partial charge in [0, 0.05) is 5.56 Å². The number of hydrogen-bond donors (Lipinski definition) is 1. The number of aliphatic hydroxyl groups is 1. The van der Waals surface area contributed by atoms with Gasteiger partial charge >= 0.3 is 0 Å². The maximum absolute atomic E-state index is 13.3. The van der Waals surface area contributed by atoms with Crippen molar-refractivity contribution in [3.63, 3.8) is 0 Å². The minimum atomic E-state index is -0.890. The predicted octanol–water partition coefficient (Wildman–Crippen LogP) is 3.61. The molecule has 1 N–H and O–H groups in total. The third kappa shape index (κ3) is 2.93. The van der Waals surface area contributed by atoms with E-state index in [2.05, 4.69) is 0 Å². The van der Waals surface area contributed by atoms with E-state index in [1.165, 1.54) is 12.1 Å². The van der Waals surface area contributed by atoms with Crippen LogP contribution in [0.15, 0.2) is 42.5 Å². The molecule has 0 spiro atoms. The summed E-state index contributed by atoms with van der Waals surface area (Å²) in [5, 5.41) is 10.5. The Morgan fingerprint density at radius 3 is 2.63 bits per heavy atom. The monoisotopic (exact) mass is 260 g/mol. The molecule has 2 aromatic rings. The molecule has 2 nitrogen and oxygen atoms in total. The van der Waals surface area contributed by atoms with E-state index < -0.39 is 6.10 Å². The average Bonchev–Trinajstić information content (AvgIpc) is 2.42. The molecule has 0 aliphatic rings. The van der Waals surface area contributed by atoms with Gasteiger partial charge in [-0.05, 0) is 43.2 Å². The van der Waals surface area contributed by atoms with Crippen LogP contribution in [0.4, 0.5) is 4.39 Å². The van der Waals surface area contributed by atoms with Crippen molar-refractivity contribution in [2.45, 2.75) is 20.0 Å². The first-order valence-electron chi connectivity index (χ1n) is 6.29. The molecule has 0 heterocycles. The average molecular weight is 260 g/mol. The molecule has 0 bridgehead atoms. The largest absolute Gasteiger partial charge is 0.493 e. The molecule has 2 rings (SSSR count). The van der Waals surface area contributed by atoms with Crippen molar-refractivity contribution < 1.29 is 14.2 Å². The number of para-hydroxylation sites is 1. The first-order chi connectivity index (χ1) is 9.13. The first-order valence-corrected chi connectivity index (χ1v) is 6.29. The molecule has 19 heavy (non-hydrogen) atoms. The van der Waals surface area contributed by atoms with Gasteiger partial charge in [-0.15, -0.1) is 0 Å². The zero-order valence-corrected chi connectivity index (χ0v) is 11.1. The summed E-state index contributed by atoms with van der Waals surface area (Å²) >= 11 is 0. The molecule has 0 aliphatic carbocycles. The molecule has 0 aromatic heterocycles. The molecule has 1 unspecified atom stereocenters. The fourth-order valence-electron chi connectivity index (χ4n) is 2.07. The lowest BCUT2D eigenvalue weighted by atomic mass is 9.97. The summed E-state index contributed by atoms with van der Waals surface area (Å²) in [4.78, 5) is 0. The fraction of sp³-hybridized carbons (Fsp3) is 0.250. The Kier molecular flexibility index (Phi) is 4.17. The molecule has 3 heteroatoms. The Bertz CT molecular complexity index is 566. The summed E-state index contributed by atoms with van der Waals surface area (Å²) < 4.78 is 18.8. The maximum atomic E-state index is 13.3. The number of aryl methyl sites for hydroxylation is 1. The van der Waals surface area contributed by atoms with Gasteiger partial charge < -0.3 is 9.84 Å². The quantitative estimate of drug-likeness (QED) is 0.909. The minimum Gasteiger partial charge on any atom is -0.493 e. The Morgan fingerprint density at radius 2 is 1.89 bits per heavy atom. The summed E-state index contributed by atoms with van der Waals surface area (Å²) in [5.41, 5.74) is 2.06. The summed E-state index contributed by atoms with van der Waals surface area (Å²) in [6.45, 7) is 4.25. The van der Waals surface area contributed by atoms with Gasteiger partial charge in [0.2, 0.25) is 0 Å². The second-order valence-electron chi connectivity index (χ2n) is 4.37. The van der Waals surface area contributed by atoms with Crippen molar-refractivity contribution in [2.24, 2.45) is 0 Å². The van der Waals surface area contributed by atoms with Gasteiger partial charge in [0.1, 0.15) is 17.7 Å². The van der Waals surface area contributed by atoms with E-state index in [-0.39, 0.29) is 5.82 Å². The molecule has 1 atom stereocenters. The van der Waals surface area contributed by atoms with Crippen LogP contribution in [0.2, 0.25) is 0 Å². The van der Waals surface area contributed by atoms with Gasteiger partial charge in [0.05, 0.1) is 6.61 Å². The molecule has 0 saturated heterocycles. The van der Waals surface area contributed by atoms with Gasteiger partial charge in [0.25, 0.3) is 0 Å². The smallest absolute Gasteiger partial charge is 0.125 e. The third-order valence-electron chi connectivity index (χ3n) is 3.05. The van der Waals surface area contributed by atoms with Crippen LogP contribution in [0.1, 0.15) is 29.7 Å². The zero-order chi connectivity index (χ0) is 13.8. The van der Waals surface area contributed by atoms with Gasteiger partial charge in [-0.1, -0.05) is 24.3 Å². The summed E-state index contributed by atoms with van der Waals surface area (Å²) in [6, 6.07) is 11.7. The van der Waals surface area contributed by atoms with Gasteiger partial charge in [-0.3, -0.25) is 0 Å². The lowest BCUT2D eigenvalue weighted by molar-refractivity contribution is 0.211. The fourth-order valence-corrected chi connectivity index (χ4v) is 2.07. The summed E-state index contributed by atoms with van der Waals surface area (Å²) in [6.07, 6.45) is -0.890. The number of halogens is 1. The molecule has 0 fully saturated rings. The molecular formula is C16H17FO2. The molecule has 0 saturated carbocycles. The van der Waals surface area contributed by atoms with Crippen molar-refractivity contribution in [2.75, 3.05) is 6.61 Å². The molecule has 100 valence electrons. The highest BCUT2D eigenvalue weighted by molar-refractivity contribution is 5.42. The van der Waals surface area contributed by atoms with Crippen molar-refractivity contribution in [1.29, 1.82) is 0 Å². The van der Waals surface area contributed by atoms with Crippen LogP contribution in [0.25, 0.3) is 0 Å². The highest BCUT2D eigenvalue weighted by Gasteiger charge is 2.17. The van der Waals surface area contributed by atoms with Crippen LogP contribution in [0, 0.1) is 12.7 Å². The van der Waals surface area contributed by atoms with E-state index >= 15 is 0 Å². The van der Waals surface area contributed by atoms with Crippen molar-refractivity contribution in [3.05, 3.63) is 65.0 Å². The highest BCUT2D eigenvalue weighted by atomic mass is 19.1. The van der Waals surface area contributed by atoms with Crippen LogP contribution in [0.5, 0.6) is 5.75 Å². The third-order valence-corrected chi connectivity index (χ3v) is 3.05. The molecule has 0 aliphatic heterocycles. The van der Waals surface area contributed by atoms with Crippen molar-refractivity contribution >= 4 is 0 Å². The Hall–Kier alpha value is -1.87. The molecule has 0 radical (unpaired) electrons. The van der Waals surface area contributed by atoms with Crippen LogP contribution < -0.4 is 4.74 Å². The summed E-state index contributed by atoms with van der Waals surface area (Å²) in [5.74, 6) is 0.273. The number of hydrogen-bond acceptors (Lipinski definition) is 2. The van der Waals surface area contributed by atoms with Gasteiger partial charge in [0.15, 0.2) is 0 Å². The van der Waals surface area contributed by atoms with Crippen LogP contribution in [-0.2, 0) is 0 Å². The van der Waals surface area contributed by atoms with E-state index in [0.717, 1.165) is 5.56 Å². The zero-order valence-electron chi connectivity index (χ0n) is 11.1. The predicted molar refractivity (Wildman–Crippen MR) is 72.8 cm³/mol. The van der Waals surface area contributed by atoms with Crippen molar-refractivity contribution in [3.8, 4) is 5.75 Å². The minimum absolute atomic E-state index is 0.353. The molecule has 2 aromatic carbocycles. The topological polar surface area (TPSA) is 29.5 Å². The lowest BCUT2D eigenvalue weighted by Gasteiger charge is -2.17. The number of aliphatic hydroxyl groups excluding tert-OH is 1. The number of rotatable bonds is 4. The Balaban J connectivity index is 2.43. The van der Waals surface area contributed by atoms with E-state index in [1.807, 2.05) is 26.0 Å². The lowest BCUT2D eigenvalue weighted by Crippen LogP contribution is -2.06. The normalized spacial score (nSPS) is 12.2. The second kappa shape index (κ2) is 5.85. The first kappa shape index (κ1) is 13.6. The van der Waals surface area contributed by atoms with Crippen LogP contribution >= 0.6 is 0 Å². The molecular weight excluding hydrogens is 243 g/mol. The standard InChI is InChI=1S/C16H17FO2/c1-3-19-15-7-5-4-6-13(15)16(18)14-10-12(17)9-8-11(14)2/h4-10,16,18H,3H2,1-2H3. The maximum Gasteiger partial charge on any atom is 0.125 e. The summed E-state index contributed by atoms with van der Waals surface area (Å²) in [7, 11) is 0.